The number of carbonyl (C=O) groups excluding carboxylic acids is 2. The van der Waals surface area contributed by atoms with Crippen molar-refractivity contribution in [2.24, 2.45) is 0 Å². The van der Waals surface area contributed by atoms with Crippen molar-refractivity contribution in [3.05, 3.63) is 23.8 Å². The molecule has 0 atom stereocenters. The van der Waals surface area contributed by atoms with Gasteiger partial charge in [0.25, 0.3) is 0 Å². The minimum absolute atomic E-state index is 0.0588. The number of amides is 1. The van der Waals surface area contributed by atoms with Crippen molar-refractivity contribution in [1.82, 2.24) is 4.31 Å². The molecule has 0 aromatic heterocycles. The van der Waals surface area contributed by atoms with E-state index in [1.807, 2.05) is 0 Å². The summed E-state index contributed by atoms with van der Waals surface area (Å²) in [6.45, 7) is 1.44. The van der Waals surface area contributed by atoms with E-state index in [-0.39, 0.29) is 30.3 Å². The Kier molecular flexibility index (Phi) is 4.29. The number of hydrogen-bond acceptors (Lipinski definition) is 5. The van der Waals surface area contributed by atoms with E-state index in [0.29, 0.717) is 11.3 Å². The number of sulfonamides is 1. The van der Waals surface area contributed by atoms with Crippen molar-refractivity contribution >= 4 is 27.6 Å². The Hall–Kier alpha value is -1.93. The highest BCUT2D eigenvalue weighted by molar-refractivity contribution is 7.89. The molecule has 1 aliphatic rings. The number of ether oxygens (including phenoxy) is 1. The Bertz CT molecular complexity index is 684. The van der Waals surface area contributed by atoms with Gasteiger partial charge in [-0.15, -0.1) is 0 Å². The lowest BCUT2D eigenvalue weighted by atomic mass is 10.2. The van der Waals surface area contributed by atoms with Gasteiger partial charge in [0.05, 0.1) is 18.4 Å². The zero-order valence-corrected chi connectivity index (χ0v) is 12.6. The fourth-order valence-electron chi connectivity index (χ4n) is 2.09. The number of carbonyl (C=O) groups is 2. The molecule has 0 fully saturated rings. The number of nitrogens with zero attached hydrogens (tertiary/aromatic N) is 1. The van der Waals surface area contributed by atoms with Crippen molar-refractivity contribution < 1.29 is 22.7 Å². The number of rotatable bonds is 5. The molecule has 1 heterocycles. The first-order valence-corrected chi connectivity index (χ1v) is 7.82. The molecule has 0 saturated heterocycles. The second-order valence-electron chi connectivity index (χ2n) is 4.55. The highest BCUT2D eigenvalue weighted by atomic mass is 32.2. The summed E-state index contributed by atoms with van der Waals surface area (Å²) < 4.78 is 30.6. The lowest BCUT2D eigenvalue weighted by molar-refractivity contribution is -0.140. The minimum atomic E-state index is -3.80. The molecule has 114 valence electrons. The van der Waals surface area contributed by atoms with Crippen molar-refractivity contribution in [3.8, 4) is 0 Å². The van der Waals surface area contributed by atoms with E-state index in [9.17, 15) is 18.0 Å². The predicted molar refractivity (Wildman–Crippen MR) is 75.2 cm³/mol. The molecule has 1 N–H and O–H groups in total. The lowest BCUT2D eigenvalue weighted by Gasteiger charge is -2.19. The molecule has 0 saturated carbocycles. The molecule has 1 aromatic carbocycles. The van der Waals surface area contributed by atoms with Crippen LogP contribution < -0.4 is 5.32 Å². The Morgan fingerprint density at radius 3 is 2.76 bits per heavy atom. The summed E-state index contributed by atoms with van der Waals surface area (Å²) in [5.41, 5.74) is 1.25. The Morgan fingerprint density at radius 2 is 2.14 bits per heavy atom. The Morgan fingerprint density at radius 1 is 1.43 bits per heavy atom. The molecule has 0 bridgehead atoms. The third-order valence-electron chi connectivity index (χ3n) is 3.23. The summed E-state index contributed by atoms with van der Waals surface area (Å²) in [4.78, 5) is 22.7. The zero-order chi connectivity index (χ0) is 15.6. The van der Waals surface area contributed by atoms with Gasteiger partial charge >= 0.3 is 5.97 Å². The summed E-state index contributed by atoms with van der Waals surface area (Å²) in [6, 6.07) is 4.43. The minimum Gasteiger partial charge on any atom is -0.468 e. The number of benzene rings is 1. The monoisotopic (exact) mass is 312 g/mol. The molecule has 0 radical (unpaired) electrons. The maximum absolute atomic E-state index is 12.5. The SMILES string of the molecule is CCN(CC(=O)OC)S(=O)(=O)c1ccc2c(c1)CC(=O)N2. The number of fused-ring (bicyclic) bond motifs is 1. The van der Waals surface area contributed by atoms with Gasteiger partial charge in [-0.3, -0.25) is 9.59 Å². The number of methoxy groups -OCH3 is 1. The van der Waals surface area contributed by atoms with Gasteiger partial charge in [0, 0.05) is 12.2 Å². The molecule has 0 spiro atoms. The average Bonchev–Trinajstić information content (AvgIpc) is 2.83. The third-order valence-corrected chi connectivity index (χ3v) is 5.14. The second-order valence-corrected chi connectivity index (χ2v) is 6.49. The smallest absolute Gasteiger partial charge is 0.321 e. The van der Waals surface area contributed by atoms with Gasteiger partial charge in [-0.1, -0.05) is 6.92 Å². The van der Waals surface area contributed by atoms with Crippen LogP contribution in [0.2, 0.25) is 0 Å². The number of hydrogen-bond donors (Lipinski definition) is 1. The van der Waals surface area contributed by atoms with Crippen molar-refractivity contribution in [1.29, 1.82) is 0 Å². The molecule has 1 amide bonds. The molecule has 8 heteroatoms. The van der Waals surface area contributed by atoms with Gasteiger partial charge in [0.2, 0.25) is 15.9 Å². The normalized spacial score (nSPS) is 14.0. The summed E-state index contributed by atoms with van der Waals surface area (Å²) in [5.74, 6) is -0.792. The quantitative estimate of drug-likeness (QED) is 0.793. The van der Waals surface area contributed by atoms with Crippen LogP contribution in [-0.4, -0.2) is 44.8 Å². The van der Waals surface area contributed by atoms with Crippen LogP contribution in [0.4, 0.5) is 5.69 Å². The summed E-state index contributed by atoms with van der Waals surface area (Å²) in [5, 5.41) is 2.64. The van der Waals surface area contributed by atoms with Crippen LogP contribution in [0, 0.1) is 0 Å². The lowest BCUT2D eigenvalue weighted by Crippen LogP contribution is -2.36. The fraction of sp³-hybridized carbons (Fsp3) is 0.385. The number of nitrogens with one attached hydrogen (secondary N) is 1. The van der Waals surface area contributed by atoms with Crippen molar-refractivity contribution in [3.63, 3.8) is 0 Å². The van der Waals surface area contributed by atoms with E-state index in [2.05, 4.69) is 10.1 Å². The van der Waals surface area contributed by atoms with Crippen LogP contribution in [0.5, 0.6) is 0 Å². The van der Waals surface area contributed by atoms with Crippen LogP contribution >= 0.6 is 0 Å². The molecule has 2 rings (SSSR count). The average molecular weight is 312 g/mol. The second kappa shape index (κ2) is 5.82. The molecular weight excluding hydrogens is 296 g/mol. The van der Waals surface area contributed by atoms with Crippen molar-refractivity contribution in [2.45, 2.75) is 18.2 Å². The number of esters is 1. The van der Waals surface area contributed by atoms with Crippen LogP contribution in [-0.2, 0) is 30.8 Å². The standard InChI is InChI=1S/C13H16N2O5S/c1-3-15(8-13(17)20-2)21(18,19)10-4-5-11-9(6-10)7-12(16)14-11/h4-6H,3,7-8H2,1-2H3,(H,14,16). The predicted octanol–water partition coefficient (Wildman–Crippen LogP) is 0.365. The topological polar surface area (TPSA) is 92.8 Å². The van der Waals surface area contributed by atoms with Crippen molar-refractivity contribution in [2.75, 3.05) is 25.5 Å². The Balaban J connectivity index is 2.33. The van der Waals surface area contributed by atoms with E-state index in [4.69, 9.17) is 0 Å². The molecule has 1 aliphatic heterocycles. The molecule has 21 heavy (non-hydrogen) atoms. The summed E-state index contributed by atoms with van der Waals surface area (Å²) >= 11 is 0. The third kappa shape index (κ3) is 3.06. The van der Waals surface area contributed by atoms with Gasteiger partial charge < -0.3 is 10.1 Å². The maximum atomic E-state index is 12.5. The molecule has 0 unspecified atom stereocenters. The van der Waals surface area contributed by atoms with E-state index in [0.717, 1.165) is 4.31 Å². The van der Waals surface area contributed by atoms with Gasteiger partial charge in [-0.05, 0) is 23.8 Å². The summed E-state index contributed by atoms with van der Waals surface area (Å²) in [7, 11) is -2.60. The van der Waals surface area contributed by atoms with Gasteiger partial charge in [-0.25, -0.2) is 8.42 Å². The van der Waals surface area contributed by atoms with E-state index in [1.54, 1.807) is 13.0 Å². The van der Waals surface area contributed by atoms with Crippen LogP contribution in [0.15, 0.2) is 23.1 Å². The van der Waals surface area contributed by atoms with Gasteiger partial charge in [0.15, 0.2) is 0 Å². The van der Waals surface area contributed by atoms with Gasteiger partial charge in [0.1, 0.15) is 6.54 Å². The largest absolute Gasteiger partial charge is 0.468 e. The zero-order valence-electron chi connectivity index (χ0n) is 11.8. The summed E-state index contributed by atoms with van der Waals surface area (Å²) in [6.07, 6.45) is 0.155. The first kappa shape index (κ1) is 15.5. The molecular formula is C13H16N2O5S. The van der Waals surface area contributed by atoms with E-state index >= 15 is 0 Å². The first-order chi connectivity index (χ1) is 9.88. The Labute approximate surface area is 122 Å². The molecule has 1 aromatic rings. The highest BCUT2D eigenvalue weighted by Gasteiger charge is 2.27. The van der Waals surface area contributed by atoms with E-state index in [1.165, 1.54) is 19.2 Å². The van der Waals surface area contributed by atoms with Crippen LogP contribution in [0.3, 0.4) is 0 Å². The molecule has 0 aliphatic carbocycles. The fourth-order valence-corrected chi connectivity index (χ4v) is 3.54. The first-order valence-electron chi connectivity index (χ1n) is 6.38. The number of likely N-dealkylation sites (N-methyl/N-ethyl adjacent to an activating group) is 1. The maximum Gasteiger partial charge on any atom is 0.321 e. The number of anilines is 1. The molecule has 7 nitrogen and oxygen atoms in total. The van der Waals surface area contributed by atoms with Crippen LogP contribution in [0.1, 0.15) is 12.5 Å². The highest BCUT2D eigenvalue weighted by Crippen LogP contribution is 2.27. The van der Waals surface area contributed by atoms with Gasteiger partial charge in [-0.2, -0.15) is 4.31 Å². The van der Waals surface area contributed by atoms with Crippen LogP contribution in [0.25, 0.3) is 0 Å². The van der Waals surface area contributed by atoms with E-state index < -0.39 is 16.0 Å².